The molecule has 8 heteroatoms. The second kappa shape index (κ2) is 8.26. The largest absolute Gasteiger partial charge is 0.493 e. The van der Waals surface area contributed by atoms with E-state index in [-0.39, 0.29) is 11.5 Å². The van der Waals surface area contributed by atoms with E-state index in [1.807, 2.05) is 12.1 Å². The molecule has 2 heterocycles. The zero-order chi connectivity index (χ0) is 21.2. The number of aliphatic hydroxyl groups is 1. The fraction of sp³-hybridized carbons (Fsp3) is 0.429. The van der Waals surface area contributed by atoms with Crippen molar-refractivity contribution < 1.29 is 34.4 Å². The lowest BCUT2D eigenvalue weighted by molar-refractivity contribution is -0.134. The molecular weight excluding hydrogens is 378 g/mol. The number of carboxylic acids is 2. The van der Waals surface area contributed by atoms with Gasteiger partial charge in [-0.1, -0.05) is 18.2 Å². The van der Waals surface area contributed by atoms with Crippen molar-refractivity contribution in [1.82, 2.24) is 4.90 Å². The summed E-state index contributed by atoms with van der Waals surface area (Å²) < 4.78 is 11.8. The van der Waals surface area contributed by atoms with Gasteiger partial charge in [0.2, 0.25) is 0 Å². The van der Waals surface area contributed by atoms with Crippen molar-refractivity contribution in [2.24, 2.45) is 0 Å². The molecule has 0 unspecified atom stereocenters. The molecule has 1 aliphatic carbocycles. The first-order valence-corrected chi connectivity index (χ1v) is 9.33. The van der Waals surface area contributed by atoms with Crippen molar-refractivity contribution in [1.29, 1.82) is 0 Å². The van der Waals surface area contributed by atoms with Gasteiger partial charge in [-0.05, 0) is 31.6 Å². The van der Waals surface area contributed by atoms with E-state index < -0.39 is 18.0 Å². The predicted molar refractivity (Wildman–Crippen MR) is 104 cm³/mol. The molecule has 0 amide bonds. The first-order chi connectivity index (χ1) is 13.8. The van der Waals surface area contributed by atoms with Crippen LogP contribution in [-0.2, 0) is 21.5 Å². The molecule has 1 aromatic carbocycles. The predicted octanol–water partition coefficient (Wildman–Crippen LogP) is 1.56. The number of carboxylic acid groups (broad SMARTS) is 2. The molecular formula is C21H25NO7. The topological polar surface area (TPSA) is 117 Å². The third-order valence-corrected chi connectivity index (χ3v) is 5.52. The van der Waals surface area contributed by atoms with Gasteiger partial charge in [-0.3, -0.25) is 0 Å². The summed E-state index contributed by atoms with van der Waals surface area (Å²) >= 11 is 0. The number of carbonyl (C=O) groups is 2. The Labute approximate surface area is 168 Å². The molecule has 156 valence electrons. The van der Waals surface area contributed by atoms with Crippen LogP contribution in [0.3, 0.4) is 0 Å². The van der Waals surface area contributed by atoms with Crippen LogP contribution in [0.4, 0.5) is 0 Å². The van der Waals surface area contributed by atoms with Crippen molar-refractivity contribution in [3.05, 3.63) is 47.6 Å². The minimum atomic E-state index is -1.26. The number of hydrogen-bond donors (Lipinski definition) is 3. The summed E-state index contributed by atoms with van der Waals surface area (Å²) in [7, 11) is 3.84. The number of methoxy groups -OCH3 is 1. The molecule has 0 bridgehead atoms. The number of hydrogen-bond acceptors (Lipinski definition) is 6. The number of benzene rings is 1. The first-order valence-electron chi connectivity index (χ1n) is 9.33. The number of aliphatic hydroxyl groups excluding tert-OH is 1. The SMILES string of the molecule is COc1ccc2c3c1O[C@H]1C[C@@H](O)C=C[C@@]31CCN(C)C2.O=C(O)/C=C/C(=O)O. The molecule has 8 nitrogen and oxygen atoms in total. The normalized spacial score (nSPS) is 27.1. The lowest BCUT2D eigenvalue weighted by Gasteiger charge is -2.35. The fourth-order valence-electron chi connectivity index (χ4n) is 4.22. The highest BCUT2D eigenvalue weighted by molar-refractivity contribution is 5.89. The zero-order valence-electron chi connectivity index (χ0n) is 16.4. The summed E-state index contributed by atoms with van der Waals surface area (Å²) in [6.07, 6.45) is 6.50. The Morgan fingerprint density at radius 2 is 1.97 bits per heavy atom. The Hall–Kier alpha value is -2.84. The molecule has 2 aliphatic heterocycles. The Morgan fingerprint density at radius 3 is 2.59 bits per heavy atom. The monoisotopic (exact) mass is 403 g/mol. The molecule has 0 saturated carbocycles. The first kappa shape index (κ1) is 20.9. The van der Waals surface area contributed by atoms with Crippen LogP contribution >= 0.6 is 0 Å². The molecule has 0 saturated heterocycles. The second-order valence-electron chi connectivity index (χ2n) is 7.44. The highest BCUT2D eigenvalue weighted by Gasteiger charge is 2.52. The van der Waals surface area contributed by atoms with E-state index in [2.05, 4.69) is 24.1 Å². The smallest absolute Gasteiger partial charge is 0.328 e. The Balaban J connectivity index is 0.000000258. The molecule has 3 N–H and O–H groups in total. The highest BCUT2D eigenvalue weighted by atomic mass is 16.5. The van der Waals surface area contributed by atoms with Crippen molar-refractivity contribution in [3.63, 3.8) is 0 Å². The maximum absolute atomic E-state index is 9.97. The molecule has 29 heavy (non-hydrogen) atoms. The fourth-order valence-corrected chi connectivity index (χ4v) is 4.22. The maximum atomic E-state index is 9.97. The lowest BCUT2D eigenvalue weighted by atomic mass is 9.69. The zero-order valence-corrected chi connectivity index (χ0v) is 16.4. The summed E-state index contributed by atoms with van der Waals surface area (Å²) in [5.41, 5.74) is 2.48. The number of aliphatic carboxylic acids is 2. The van der Waals surface area contributed by atoms with Gasteiger partial charge in [0.05, 0.1) is 18.6 Å². The van der Waals surface area contributed by atoms with Crippen LogP contribution in [0.15, 0.2) is 36.4 Å². The van der Waals surface area contributed by atoms with Crippen molar-refractivity contribution >= 4 is 11.9 Å². The van der Waals surface area contributed by atoms with Crippen molar-refractivity contribution in [3.8, 4) is 11.5 Å². The van der Waals surface area contributed by atoms with Crippen LogP contribution < -0.4 is 9.47 Å². The average molecular weight is 403 g/mol. The van der Waals surface area contributed by atoms with Crippen LogP contribution in [0.2, 0.25) is 0 Å². The third-order valence-electron chi connectivity index (χ3n) is 5.52. The van der Waals surface area contributed by atoms with Gasteiger partial charge in [-0.25, -0.2) is 9.59 Å². The van der Waals surface area contributed by atoms with Gasteiger partial charge in [0, 0.05) is 30.7 Å². The second-order valence-corrected chi connectivity index (χ2v) is 7.44. The molecule has 3 atom stereocenters. The summed E-state index contributed by atoms with van der Waals surface area (Å²) in [6.45, 7) is 1.96. The van der Waals surface area contributed by atoms with Crippen LogP contribution in [0.5, 0.6) is 11.5 Å². The molecule has 0 aromatic heterocycles. The van der Waals surface area contributed by atoms with E-state index in [0.29, 0.717) is 18.6 Å². The van der Waals surface area contributed by atoms with Crippen LogP contribution in [0.1, 0.15) is 24.0 Å². The molecule has 1 spiro atoms. The van der Waals surface area contributed by atoms with E-state index in [1.54, 1.807) is 7.11 Å². The summed E-state index contributed by atoms with van der Waals surface area (Å²) in [5, 5.41) is 25.6. The van der Waals surface area contributed by atoms with Gasteiger partial charge in [-0.15, -0.1) is 0 Å². The van der Waals surface area contributed by atoms with E-state index in [0.717, 1.165) is 31.0 Å². The minimum absolute atomic E-state index is 0.00838. The molecule has 3 aliphatic rings. The summed E-state index contributed by atoms with van der Waals surface area (Å²) in [4.78, 5) is 21.5. The number of rotatable bonds is 3. The molecule has 4 rings (SSSR count). The van der Waals surface area contributed by atoms with E-state index in [9.17, 15) is 14.7 Å². The highest BCUT2D eigenvalue weighted by Crippen LogP contribution is 2.55. The van der Waals surface area contributed by atoms with Crippen LogP contribution in [0, 0.1) is 0 Å². The van der Waals surface area contributed by atoms with Gasteiger partial charge in [0.25, 0.3) is 0 Å². The average Bonchev–Trinajstić information content (AvgIpc) is 2.92. The quantitative estimate of drug-likeness (QED) is 0.514. The molecule has 0 fully saturated rings. The maximum Gasteiger partial charge on any atom is 0.328 e. The van der Waals surface area contributed by atoms with Crippen molar-refractivity contribution in [2.75, 3.05) is 20.7 Å². The standard InChI is InChI=1S/C17H21NO3.C4H4O4/c1-18-8-7-17-6-5-12(19)9-14(17)21-16-13(20-2)4-3-11(10-18)15(16)17;5-3(6)1-2-4(7)8/h3-6,12,14,19H,7-10H2,1-2H3;1-2H,(H,5,6)(H,7,8)/b;2-1+/t12-,14-,17-;/m0./s1. The van der Waals surface area contributed by atoms with Crippen LogP contribution in [0.25, 0.3) is 0 Å². The van der Waals surface area contributed by atoms with Crippen molar-refractivity contribution in [2.45, 2.75) is 37.0 Å². The van der Waals surface area contributed by atoms with Gasteiger partial charge < -0.3 is 29.7 Å². The lowest BCUT2D eigenvalue weighted by Crippen LogP contribution is -2.42. The number of nitrogens with zero attached hydrogens (tertiary/aromatic N) is 1. The Kier molecular flexibility index (Phi) is 5.95. The van der Waals surface area contributed by atoms with Gasteiger partial charge in [-0.2, -0.15) is 0 Å². The molecule has 0 radical (unpaired) electrons. The summed E-state index contributed by atoms with van der Waals surface area (Å²) in [5.74, 6) is -0.830. The minimum Gasteiger partial charge on any atom is -0.493 e. The third kappa shape index (κ3) is 4.13. The molecule has 1 aromatic rings. The summed E-state index contributed by atoms with van der Waals surface area (Å²) in [6, 6.07) is 4.16. The van der Waals surface area contributed by atoms with Gasteiger partial charge >= 0.3 is 11.9 Å². The van der Waals surface area contributed by atoms with E-state index in [1.165, 1.54) is 11.1 Å². The van der Waals surface area contributed by atoms with Gasteiger partial charge in [0.1, 0.15) is 6.10 Å². The van der Waals surface area contributed by atoms with Gasteiger partial charge in [0.15, 0.2) is 11.5 Å². The Bertz CT molecular complexity index is 847. The van der Waals surface area contributed by atoms with E-state index >= 15 is 0 Å². The Morgan fingerprint density at radius 1 is 1.28 bits per heavy atom. The van der Waals surface area contributed by atoms with Crippen LogP contribution in [-0.4, -0.2) is 65.1 Å². The number of ether oxygens (including phenoxy) is 2. The van der Waals surface area contributed by atoms with E-state index in [4.69, 9.17) is 19.7 Å².